The van der Waals surface area contributed by atoms with Gasteiger partial charge in [0, 0.05) is 36.5 Å². The number of halogens is 1. The molecule has 0 unspecified atom stereocenters. The Kier molecular flexibility index (Phi) is 10.5. The standard InChI is InChI=1S/C27H33FN4O3.C10H8O4S/c28-22-7-5-6-21(16-22)27(10-3-1-2-4-11-27)26(34)35-23-18-32(14-8-20(23)9-15-32)19-25(33)31-24-17-29-12-13-30-24;11-10-8-4-2-1-3-7(8)5-6-9(10)15(12,13)14/h5-7,12-13,16-17,20,23H,1-4,8-11,14-15,18-19H2;1-6,11H,(H,12,13,14)/t20?,23-,32?;/m0./s1. The number of nitrogens with one attached hydrogen (secondary N) is 1. The molecule has 11 nitrogen and oxygen atoms in total. The molecule has 4 fully saturated rings. The Hall–Kier alpha value is -4.46. The Morgan fingerprint density at radius 1 is 1.00 bits per heavy atom. The number of amides is 1. The van der Waals surface area contributed by atoms with Crippen LogP contribution in [0.4, 0.5) is 10.2 Å². The fourth-order valence-electron chi connectivity index (χ4n) is 7.84. The van der Waals surface area contributed by atoms with E-state index in [1.807, 2.05) is 6.07 Å². The summed E-state index contributed by atoms with van der Waals surface area (Å²) >= 11 is 0. The van der Waals surface area contributed by atoms with Crippen LogP contribution in [0.5, 0.6) is 5.75 Å². The molecule has 1 aromatic heterocycles. The van der Waals surface area contributed by atoms with E-state index in [1.54, 1.807) is 42.7 Å². The minimum Gasteiger partial charge on any atom is -0.744 e. The number of phenolic OH excluding ortho intramolecular Hbond substituents is 1. The molecule has 0 spiro atoms. The lowest BCUT2D eigenvalue weighted by atomic mass is 9.74. The topological polar surface area (TPSA) is 159 Å². The van der Waals surface area contributed by atoms with Crippen LogP contribution in [0.15, 0.2) is 84.1 Å². The van der Waals surface area contributed by atoms with Crippen molar-refractivity contribution in [3.63, 3.8) is 0 Å². The predicted molar refractivity (Wildman–Crippen MR) is 182 cm³/mol. The summed E-state index contributed by atoms with van der Waals surface area (Å²) in [6, 6.07) is 15.8. The van der Waals surface area contributed by atoms with E-state index in [9.17, 15) is 32.1 Å². The molecule has 0 radical (unpaired) electrons. The number of aromatic hydroxyl groups is 1. The zero-order valence-corrected chi connectivity index (χ0v) is 28.5. The second kappa shape index (κ2) is 14.8. The van der Waals surface area contributed by atoms with E-state index in [0.29, 0.717) is 52.9 Å². The van der Waals surface area contributed by atoms with E-state index in [1.165, 1.54) is 24.4 Å². The molecule has 2 N–H and O–H groups in total. The van der Waals surface area contributed by atoms with Crippen LogP contribution in [0.1, 0.15) is 56.9 Å². The van der Waals surface area contributed by atoms with Gasteiger partial charge in [-0.15, -0.1) is 0 Å². The van der Waals surface area contributed by atoms with Crippen molar-refractivity contribution in [3.8, 4) is 5.75 Å². The number of aromatic nitrogens is 2. The van der Waals surface area contributed by atoms with Crippen molar-refractivity contribution in [1.29, 1.82) is 0 Å². The van der Waals surface area contributed by atoms with Gasteiger partial charge in [0.1, 0.15) is 28.2 Å². The molecule has 1 atom stereocenters. The second-order valence-corrected chi connectivity index (χ2v) is 15.0. The highest BCUT2D eigenvalue weighted by atomic mass is 32.2. The minimum absolute atomic E-state index is 0.101. The van der Waals surface area contributed by atoms with E-state index in [-0.39, 0.29) is 23.8 Å². The fourth-order valence-corrected chi connectivity index (χ4v) is 8.42. The van der Waals surface area contributed by atoms with Crippen molar-refractivity contribution in [2.45, 2.75) is 67.8 Å². The highest BCUT2D eigenvalue weighted by molar-refractivity contribution is 7.85. The first-order valence-electron chi connectivity index (χ1n) is 17.0. The lowest BCUT2D eigenvalue weighted by Crippen LogP contribution is -2.66. The third kappa shape index (κ3) is 7.79. The summed E-state index contributed by atoms with van der Waals surface area (Å²) < 4.78 is 53.4. The van der Waals surface area contributed by atoms with Crippen molar-refractivity contribution in [2.24, 2.45) is 5.92 Å². The van der Waals surface area contributed by atoms with Crippen LogP contribution in [0.25, 0.3) is 10.8 Å². The van der Waals surface area contributed by atoms with Gasteiger partial charge in [0.2, 0.25) is 0 Å². The van der Waals surface area contributed by atoms with Crippen molar-refractivity contribution >= 4 is 38.6 Å². The number of piperidine rings is 3. The molecule has 4 aromatic rings. The molecule has 264 valence electrons. The maximum atomic E-state index is 14.2. The zero-order chi connectivity index (χ0) is 35.4. The number of hydrogen-bond donors (Lipinski definition) is 2. The van der Waals surface area contributed by atoms with Crippen LogP contribution in [0.2, 0.25) is 0 Å². The Bertz CT molecular complexity index is 1940. The van der Waals surface area contributed by atoms with Gasteiger partial charge in [-0.2, -0.15) is 0 Å². The summed E-state index contributed by atoms with van der Waals surface area (Å²) in [6.07, 6.45) is 11.7. The molecule has 3 saturated heterocycles. The van der Waals surface area contributed by atoms with Crippen molar-refractivity contribution < 1.29 is 41.3 Å². The maximum Gasteiger partial charge on any atom is 0.317 e. The smallest absolute Gasteiger partial charge is 0.317 e. The Labute approximate surface area is 290 Å². The first kappa shape index (κ1) is 35.4. The average Bonchev–Trinajstić information content (AvgIpc) is 3.36. The number of carbonyl (C=O) groups is 2. The molecule has 3 aliphatic heterocycles. The first-order valence-corrected chi connectivity index (χ1v) is 18.4. The van der Waals surface area contributed by atoms with Gasteiger partial charge < -0.3 is 24.2 Å². The lowest BCUT2D eigenvalue weighted by molar-refractivity contribution is -0.939. The molecule has 2 bridgehead atoms. The van der Waals surface area contributed by atoms with Crippen LogP contribution in [-0.4, -0.2) is 76.7 Å². The first-order chi connectivity index (χ1) is 24.0. The number of benzene rings is 3. The molecule has 4 heterocycles. The van der Waals surface area contributed by atoms with Gasteiger partial charge in [-0.3, -0.25) is 14.6 Å². The number of fused-ring (bicyclic) bond motifs is 4. The van der Waals surface area contributed by atoms with Crippen LogP contribution < -0.4 is 5.32 Å². The number of quaternary nitrogens is 1. The van der Waals surface area contributed by atoms with E-state index in [2.05, 4.69) is 15.3 Å². The number of anilines is 1. The largest absolute Gasteiger partial charge is 0.744 e. The second-order valence-electron chi connectivity index (χ2n) is 13.6. The molecular weight excluding hydrogens is 663 g/mol. The summed E-state index contributed by atoms with van der Waals surface area (Å²) in [4.78, 5) is 34.2. The Morgan fingerprint density at radius 3 is 2.42 bits per heavy atom. The highest BCUT2D eigenvalue weighted by Gasteiger charge is 2.51. The van der Waals surface area contributed by atoms with E-state index < -0.39 is 26.2 Å². The molecule has 1 amide bonds. The van der Waals surface area contributed by atoms with Crippen molar-refractivity contribution in [2.75, 3.05) is 31.5 Å². The molecule has 4 aliphatic rings. The molecule has 1 saturated carbocycles. The number of phenols is 1. The third-order valence-corrected chi connectivity index (χ3v) is 11.3. The molecular formula is C37H41FN4O7S. The fraction of sp³-hybridized carbons (Fsp3) is 0.405. The minimum atomic E-state index is -4.62. The van der Waals surface area contributed by atoms with Gasteiger partial charge in [-0.25, -0.2) is 17.8 Å². The molecule has 13 heteroatoms. The number of esters is 1. The van der Waals surface area contributed by atoms with Gasteiger partial charge in [-0.05, 0) is 42.0 Å². The number of hydrogen-bond acceptors (Lipinski definition) is 9. The van der Waals surface area contributed by atoms with Crippen LogP contribution in [0.3, 0.4) is 0 Å². The third-order valence-electron chi connectivity index (χ3n) is 10.5. The SMILES string of the molecule is O=C(C[N+]12CCC(CC1)[C@@H](OC(=O)C1(c3cccc(F)c3)CCCCCC1)C2)Nc1cnccn1.O=S(=O)([O-])c1ccc2ccccc2c1O. The quantitative estimate of drug-likeness (QED) is 0.110. The van der Waals surface area contributed by atoms with Gasteiger partial charge >= 0.3 is 5.97 Å². The molecule has 3 aromatic carbocycles. The number of nitrogens with zero attached hydrogens (tertiary/aromatic N) is 3. The normalized spacial score (nSPS) is 22.8. The van der Waals surface area contributed by atoms with Crippen molar-refractivity contribution in [1.82, 2.24) is 9.97 Å². The summed E-state index contributed by atoms with van der Waals surface area (Å²) in [5.41, 5.74) is -0.0587. The predicted octanol–water partition coefficient (Wildman–Crippen LogP) is 5.45. The van der Waals surface area contributed by atoms with Gasteiger partial charge in [0.25, 0.3) is 5.91 Å². The summed E-state index contributed by atoms with van der Waals surface area (Å²) in [6.45, 7) is 2.78. The maximum absolute atomic E-state index is 14.2. The monoisotopic (exact) mass is 704 g/mol. The Morgan fingerprint density at radius 2 is 1.74 bits per heavy atom. The Balaban J connectivity index is 0.000000240. The zero-order valence-electron chi connectivity index (χ0n) is 27.7. The van der Waals surface area contributed by atoms with Gasteiger partial charge in [0.15, 0.2) is 18.5 Å². The average molecular weight is 705 g/mol. The summed E-state index contributed by atoms with van der Waals surface area (Å²) in [7, 11) is -4.62. The van der Waals surface area contributed by atoms with Crippen LogP contribution >= 0.6 is 0 Å². The highest BCUT2D eigenvalue weighted by Crippen LogP contribution is 2.42. The summed E-state index contributed by atoms with van der Waals surface area (Å²) in [5, 5.41) is 13.5. The van der Waals surface area contributed by atoms with E-state index in [4.69, 9.17) is 4.74 Å². The van der Waals surface area contributed by atoms with E-state index in [0.717, 1.165) is 63.2 Å². The van der Waals surface area contributed by atoms with Crippen LogP contribution in [0, 0.1) is 11.7 Å². The molecule has 1 aliphatic carbocycles. The van der Waals surface area contributed by atoms with Crippen molar-refractivity contribution in [3.05, 3.63) is 90.6 Å². The number of ether oxygens (including phenoxy) is 1. The van der Waals surface area contributed by atoms with Crippen LogP contribution in [-0.2, 0) is 29.9 Å². The molecule has 50 heavy (non-hydrogen) atoms. The number of rotatable bonds is 7. The lowest BCUT2D eigenvalue weighted by Gasteiger charge is -2.52. The van der Waals surface area contributed by atoms with E-state index >= 15 is 0 Å². The van der Waals surface area contributed by atoms with Gasteiger partial charge in [0.05, 0.1) is 29.6 Å². The summed E-state index contributed by atoms with van der Waals surface area (Å²) in [5.74, 6) is -0.362. The number of carbonyl (C=O) groups excluding carboxylic acids is 2. The van der Waals surface area contributed by atoms with Gasteiger partial charge in [-0.1, -0.05) is 68.1 Å². The molecule has 8 rings (SSSR count).